The minimum absolute atomic E-state index is 0.942. The predicted octanol–water partition coefficient (Wildman–Crippen LogP) is 1.84. The summed E-state index contributed by atoms with van der Waals surface area (Å²) in [7, 11) is -1.24. The second kappa shape index (κ2) is 4.20. The van der Waals surface area contributed by atoms with Crippen LogP contribution in [0.15, 0.2) is 35.7 Å². The van der Waals surface area contributed by atoms with Gasteiger partial charge in [-0.1, -0.05) is 30.3 Å². The smallest absolute Gasteiger partial charge is 0.127 e. The maximum absolute atomic E-state index is 11.2. The minimum atomic E-state index is -2.75. The maximum atomic E-state index is 11.2. The number of hydrogen-bond donors (Lipinski definition) is 2. The van der Waals surface area contributed by atoms with Gasteiger partial charge in [-0.25, -0.2) is 13.7 Å². The van der Waals surface area contributed by atoms with Crippen LogP contribution in [0.1, 0.15) is 5.56 Å². The second-order valence-electron chi connectivity index (χ2n) is 2.52. The number of benzene rings is 1. The first-order valence-corrected chi connectivity index (χ1v) is 5.46. The zero-order valence-corrected chi connectivity index (χ0v) is 8.17. The molecule has 1 atom stereocenters. The molecule has 1 rings (SSSR count). The third-order valence-corrected chi connectivity index (χ3v) is 2.68. The lowest BCUT2D eigenvalue weighted by molar-refractivity contribution is 0.675. The average Bonchev–Trinajstić information content (AvgIpc) is 2.17. The van der Waals surface area contributed by atoms with Gasteiger partial charge in [-0.15, -0.1) is 0 Å². The van der Waals surface area contributed by atoms with Gasteiger partial charge in [0.2, 0.25) is 0 Å². The molecule has 0 amide bonds. The second-order valence-corrected chi connectivity index (χ2v) is 4.40. The van der Waals surface area contributed by atoms with E-state index < -0.39 is 9.92 Å². The van der Waals surface area contributed by atoms with Gasteiger partial charge in [-0.2, -0.15) is 0 Å². The molecular formula is C9H12N2OS. The Morgan fingerprint density at radius 3 is 2.54 bits per heavy atom. The van der Waals surface area contributed by atoms with E-state index >= 15 is 0 Å². The van der Waals surface area contributed by atoms with Gasteiger partial charge in [-0.3, -0.25) is 0 Å². The van der Waals surface area contributed by atoms with Crippen molar-refractivity contribution in [2.24, 2.45) is 0 Å². The zero-order chi connectivity index (χ0) is 9.73. The molecule has 0 saturated carbocycles. The molecule has 0 aliphatic heterocycles. The van der Waals surface area contributed by atoms with Crippen molar-refractivity contribution < 1.29 is 4.21 Å². The molecule has 4 heteroatoms. The van der Waals surface area contributed by atoms with Crippen LogP contribution in [0.4, 0.5) is 0 Å². The third kappa shape index (κ3) is 3.40. The fraction of sp³-hybridized carbons (Fsp3) is 0.111. The van der Waals surface area contributed by atoms with Gasteiger partial charge in [-0.05, 0) is 18.7 Å². The molecular weight excluding hydrogens is 184 g/mol. The molecule has 0 spiro atoms. The van der Waals surface area contributed by atoms with E-state index in [2.05, 4.69) is 4.72 Å². The highest BCUT2D eigenvalue weighted by molar-refractivity contribution is 7.93. The van der Waals surface area contributed by atoms with Crippen molar-refractivity contribution in [2.45, 2.75) is 0 Å². The van der Waals surface area contributed by atoms with Gasteiger partial charge < -0.3 is 0 Å². The fourth-order valence-electron chi connectivity index (χ4n) is 0.807. The van der Waals surface area contributed by atoms with Crippen LogP contribution in [0.3, 0.4) is 0 Å². The number of hydrogen-bond acceptors (Lipinski definition) is 2. The van der Waals surface area contributed by atoms with Gasteiger partial charge in [0.15, 0.2) is 0 Å². The van der Waals surface area contributed by atoms with Crippen LogP contribution < -0.4 is 4.72 Å². The number of nitrogens with one attached hydrogen (secondary N) is 2. The highest BCUT2D eigenvalue weighted by atomic mass is 32.2. The summed E-state index contributed by atoms with van der Waals surface area (Å²) in [5, 5.41) is 1.36. The Kier molecular flexibility index (Phi) is 3.22. The lowest BCUT2D eigenvalue weighted by Crippen LogP contribution is -2.12. The summed E-state index contributed by atoms with van der Waals surface area (Å²) < 4.78 is 20.9. The van der Waals surface area contributed by atoms with Crippen LogP contribution in [-0.4, -0.2) is 11.3 Å². The predicted molar refractivity (Wildman–Crippen MR) is 55.4 cm³/mol. The monoisotopic (exact) mass is 196 g/mol. The summed E-state index contributed by atoms with van der Waals surface area (Å²) in [4.78, 5) is 0. The molecule has 1 aromatic rings. The average molecular weight is 196 g/mol. The van der Waals surface area contributed by atoms with E-state index in [-0.39, 0.29) is 0 Å². The molecule has 0 fully saturated rings. The fourth-order valence-corrected chi connectivity index (χ4v) is 1.29. The molecule has 70 valence electrons. The Hall–Kier alpha value is -1.13. The van der Waals surface area contributed by atoms with Crippen LogP contribution in [0, 0.1) is 4.78 Å². The Morgan fingerprint density at radius 2 is 2.00 bits per heavy atom. The van der Waals surface area contributed by atoms with Gasteiger partial charge in [0.25, 0.3) is 0 Å². The van der Waals surface area contributed by atoms with Crippen molar-refractivity contribution >= 4 is 16.0 Å². The normalized spacial score (nSPS) is 15.8. The molecule has 0 aliphatic carbocycles. The first-order valence-electron chi connectivity index (χ1n) is 3.84. The number of rotatable bonds is 3. The van der Waals surface area contributed by atoms with Gasteiger partial charge in [0.1, 0.15) is 9.92 Å². The lowest BCUT2D eigenvalue weighted by atomic mass is 10.2. The van der Waals surface area contributed by atoms with Crippen LogP contribution in [0.2, 0.25) is 0 Å². The lowest BCUT2D eigenvalue weighted by Gasteiger charge is -1.97. The molecule has 0 heterocycles. The molecule has 13 heavy (non-hydrogen) atoms. The molecule has 0 aromatic heterocycles. The van der Waals surface area contributed by atoms with Crippen molar-refractivity contribution in [1.82, 2.24) is 4.72 Å². The highest BCUT2D eigenvalue weighted by Crippen LogP contribution is 2.02. The third-order valence-electron chi connectivity index (χ3n) is 1.55. The summed E-state index contributed by atoms with van der Waals surface area (Å²) in [6.45, 7) is 0. The summed E-state index contributed by atoms with van der Waals surface area (Å²) in [5.41, 5.74) is 0.942. The Morgan fingerprint density at radius 1 is 1.38 bits per heavy atom. The van der Waals surface area contributed by atoms with Crippen LogP contribution in [0.5, 0.6) is 0 Å². The Bertz CT molecular complexity index is 381. The van der Waals surface area contributed by atoms with Crippen molar-refractivity contribution in [2.75, 3.05) is 7.05 Å². The van der Waals surface area contributed by atoms with Crippen molar-refractivity contribution in [3.05, 3.63) is 41.3 Å². The van der Waals surface area contributed by atoms with Gasteiger partial charge in [0, 0.05) is 5.41 Å². The van der Waals surface area contributed by atoms with E-state index in [1.807, 2.05) is 30.3 Å². The summed E-state index contributed by atoms with van der Waals surface area (Å²) >= 11 is 0. The largest absolute Gasteiger partial charge is 0.237 e. The van der Waals surface area contributed by atoms with Gasteiger partial charge >= 0.3 is 0 Å². The SMILES string of the molecule is CNS(=N)(=O)/C=C/c1ccccc1. The van der Waals surface area contributed by atoms with E-state index in [1.165, 1.54) is 12.5 Å². The quantitative estimate of drug-likeness (QED) is 0.761. The van der Waals surface area contributed by atoms with Gasteiger partial charge in [0.05, 0.1) is 0 Å². The van der Waals surface area contributed by atoms with Crippen LogP contribution >= 0.6 is 0 Å². The van der Waals surface area contributed by atoms with E-state index in [0.29, 0.717) is 0 Å². The van der Waals surface area contributed by atoms with Crippen molar-refractivity contribution in [3.8, 4) is 0 Å². The molecule has 3 nitrogen and oxygen atoms in total. The molecule has 0 radical (unpaired) electrons. The molecule has 2 N–H and O–H groups in total. The molecule has 1 aromatic carbocycles. The van der Waals surface area contributed by atoms with Crippen molar-refractivity contribution in [3.63, 3.8) is 0 Å². The molecule has 0 bridgehead atoms. The maximum Gasteiger partial charge on any atom is 0.127 e. The topological polar surface area (TPSA) is 53.0 Å². The first kappa shape index (κ1) is 9.95. The van der Waals surface area contributed by atoms with Crippen LogP contribution in [0.25, 0.3) is 6.08 Å². The highest BCUT2D eigenvalue weighted by Gasteiger charge is 1.93. The van der Waals surface area contributed by atoms with E-state index in [0.717, 1.165) is 5.56 Å². The van der Waals surface area contributed by atoms with E-state index in [9.17, 15) is 4.21 Å². The van der Waals surface area contributed by atoms with E-state index in [4.69, 9.17) is 4.78 Å². The zero-order valence-electron chi connectivity index (χ0n) is 7.36. The summed E-state index contributed by atoms with van der Waals surface area (Å²) in [6.07, 6.45) is 1.67. The summed E-state index contributed by atoms with van der Waals surface area (Å²) in [5.74, 6) is 0. The molecule has 0 aliphatic rings. The first-order chi connectivity index (χ1) is 6.14. The Labute approximate surface area is 78.6 Å². The van der Waals surface area contributed by atoms with Crippen LogP contribution in [-0.2, 0) is 9.92 Å². The Balaban J connectivity index is 2.82. The molecule has 0 saturated heterocycles. The minimum Gasteiger partial charge on any atom is -0.237 e. The summed E-state index contributed by atoms with van der Waals surface area (Å²) in [6, 6.07) is 9.48. The standard InChI is InChI=1S/C9H12N2OS/c1-11-13(10,12)8-7-9-5-3-2-4-6-9/h2-8H,1H3,(H2,10,11,12)/b8-7+. The molecule has 1 unspecified atom stereocenters. The van der Waals surface area contributed by atoms with Crippen molar-refractivity contribution in [1.29, 1.82) is 4.78 Å². The van der Waals surface area contributed by atoms with E-state index in [1.54, 1.807) is 6.08 Å².